The molecule has 0 amide bonds. The Kier molecular flexibility index (Phi) is 5.61. The maximum absolute atomic E-state index is 12.1. The summed E-state index contributed by atoms with van der Waals surface area (Å²) in [5.41, 5.74) is 0.771. The fourth-order valence-electron chi connectivity index (χ4n) is 2.99. The van der Waals surface area contributed by atoms with E-state index in [4.69, 9.17) is 0 Å². The quantitative estimate of drug-likeness (QED) is 0.878. The Hall–Kier alpha value is -1.47. The van der Waals surface area contributed by atoms with Gasteiger partial charge in [-0.25, -0.2) is 4.98 Å². The highest BCUT2D eigenvalue weighted by Gasteiger charge is 2.10. The number of rotatable bonds is 6. The van der Waals surface area contributed by atoms with Gasteiger partial charge in [0.25, 0.3) is 5.56 Å². The summed E-state index contributed by atoms with van der Waals surface area (Å²) in [6.45, 7) is 6.37. The van der Waals surface area contributed by atoms with E-state index >= 15 is 0 Å². The van der Waals surface area contributed by atoms with Gasteiger partial charge in [0.2, 0.25) is 10.1 Å². The maximum atomic E-state index is 12.1. The lowest BCUT2D eigenvalue weighted by Gasteiger charge is -2.19. The number of anilines is 1. The lowest BCUT2D eigenvalue weighted by atomic mass is 10.2. The first-order valence-corrected chi connectivity index (χ1v) is 9.44. The van der Waals surface area contributed by atoms with Gasteiger partial charge >= 0.3 is 0 Å². The van der Waals surface area contributed by atoms with Crippen molar-refractivity contribution in [2.45, 2.75) is 45.4 Å². The second-order valence-electron chi connectivity index (χ2n) is 6.12. The molecule has 2 aromatic heterocycles. The molecule has 0 unspecified atom stereocenters. The number of likely N-dealkylation sites (tertiary alicyclic amines) is 1. The third-order valence-corrected chi connectivity index (χ3v) is 5.07. The lowest BCUT2D eigenvalue weighted by molar-refractivity contribution is 0.296. The van der Waals surface area contributed by atoms with E-state index in [9.17, 15) is 4.79 Å². The van der Waals surface area contributed by atoms with Gasteiger partial charge in [-0.1, -0.05) is 37.5 Å². The fourth-order valence-corrected chi connectivity index (χ4v) is 3.84. The predicted octanol–water partition coefficient (Wildman–Crippen LogP) is 2.39. The second kappa shape index (κ2) is 7.88. The Balaban J connectivity index is 1.61. The molecule has 0 aliphatic carbocycles. The van der Waals surface area contributed by atoms with Gasteiger partial charge in [-0.05, 0) is 32.4 Å². The van der Waals surface area contributed by atoms with Crippen LogP contribution in [-0.2, 0) is 6.42 Å². The number of fused-ring (bicyclic) bond motifs is 1. The summed E-state index contributed by atoms with van der Waals surface area (Å²) in [6, 6.07) is 1.59. The Bertz CT molecular complexity index is 687. The third kappa shape index (κ3) is 4.29. The first kappa shape index (κ1) is 16.4. The highest BCUT2D eigenvalue weighted by molar-refractivity contribution is 7.20. The highest BCUT2D eigenvalue weighted by atomic mass is 32.1. The minimum Gasteiger partial charge on any atom is -0.359 e. The Morgan fingerprint density at radius 2 is 2.04 bits per heavy atom. The zero-order valence-electron chi connectivity index (χ0n) is 13.8. The summed E-state index contributed by atoms with van der Waals surface area (Å²) < 4.78 is 1.40. The van der Waals surface area contributed by atoms with E-state index in [0.717, 1.165) is 36.8 Å². The summed E-state index contributed by atoms with van der Waals surface area (Å²) in [6.07, 6.45) is 7.15. The minimum absolute atomic E-state index is 0.0877. The van der Waals surface area contributed by atoms with Crippen LogP contribution in [0.5, 0.6) is 0 Å². The molecule has 3 heterocycles. The van der Waals surface area contributed by atoms with Crippen molar-refractivity contribution in [1.29, 1.82) is 0 Å². The highest BCUT2D eigenvalue weighted by Crippen LogP contribution is 2.17. The SMILES string of the molecule is CCCc1cc(=O)n2nc(NCCN3CCCCCC3)sc2n1. The molecule has 0 spiro atoms. The van der Waals surface area contributed by atoms with Crippen LogP contribution in [0.15, 0.2) is 10.9 Å². The smallest absolute Gasteiger partial charge is 0.275 e. The molecular weight excluding hydrogens is 310 g/mol. The van der Waals surface area contributed by atoms with Gasteiger partial charge in [0, 0.05) is 24.8 Å². The molecule has 0 saturated carbocycles. The summed E-state index contributed by atoms with van der Waals surface area (Å²) in [5.74, 6) is 0. The van der Waals surface area contributed by atoms with Crippen molar-refractivity contribution in [1.82, 2.24) is 19.5 Å². The van der Waals surface area contributed by atoms with Gasteiger partial charge in [0.05, 0.1) is 0 Å². The molecule has 126 valence electrons. The number of nitrogens with one attached hydrogen (secondary N) is 1. The Morgan fingerprint density at radius 1 is 1.26 bits per heavy atom. The van der Waals surface area contributed by atoms with Gasteiger partial charge in [0.15, 0.2) is 0 Å². The molecule has 0 radical (unpaired) electrons. The van der Waals surface area contributed by atoms with E-state index in [2.05, 4.69) is 27.2 Å². The van der Waals surface area contributed by atoms with Crippen LogP contribution >= 0.6 is 11.3 Å². The van der Waals surface area contributed by atoms with Crippen LogP contribution in [0, 0.1) is 0 Å². The van der Waals surface area contributed by atoms with E-state index in [1.54, 1.807) is 6.07 Å². The molecule has 0 bridgehead atoms. The van der Waals surface area contributed by atoms with Crippen LogP contribution in [0.3, 0.4) is 0 Å². The first-order valence-electron chi connectivity index (χ1n) is 8.62. The summed E-state index contributed by atoms with van der Waals surface area (Å²) >= 11 is 1.45. The second-order valence-corrected chi connectivity index (χ2v) is 7.08. The molecular formula is C16H25N5OS. The van der Waals surface area contributed by atoms with Crippen molar-refractivity contribution in [3.8, 4) is 0 Å². The van der Waals surface area contributed by atoms with Gasteiger partial charge in [-0.15, -0.1) is 5.10 Å². The summed E-state index contributed by atoms with van der Waals surface area (Å²) in [4.78, 5) is 19.8. The molecule has 1 aliphatic rings. The number of aromatic nitrogens is 3. The van der Waals surface area contributed by atoms with Crippen LogP contribution in [0.1, 0.15) is 44.7 Å². The number of nitrogens with zero attached hydrogens (tertiary/aromatic N) is 4. The average molecular weight is 335 g/mol. The lowest BCUT2D eigenvalue weighted by Crippen LogP contribution is -2.30. The predicted molar refractivity (Wildman–Crippen MR) is 94.5 cm³/mol. The van der Waals surface area contributed by atoms with Gasteiger partial charge in [-0.2, -0.15) is 4.52 Å². The van der Waals surface area contributed by atoms with Crippen molar-refractivity contribution in [3.05, 3.63) is 22.1 Å². The van der Waals surface area contributed by atoms with Crippen LogP contribution < -0.4 is 10.9 Å². The van der Waals surface area contributed by atoms with Gasteiger partial charge in [0.1, 0.15) is 0 Å². The molecule has 0 aromatic carbocycles. The molecule has 6 nitrogen and oxygen atoms in total. The topological polar surface area (TPSA) is 62.5 Å². The van der Waals surface area contributed by atoms with E-state index in [-0.39, 0.29) is 5.56 Å². The monoisotopic (exact) mass is 335 g/mol. The number of hydrogen-bond acceptors (Lipinski definition) is 6. The zero-order chi connectivity index (χ0) is 16.1. The molecule has 23 heavy (non-hydrogen) atoms. The Morgan fingerprint density at radius 3 is 2.78 bits per heavy atom. The zero-order valence-corrected chi connectivity index (χ0v) is 14.6. The van der Waals surface area contributed by atoms with Crippen molar-refractivity contribution >= 4 is 21.4 Å². The van der Waals surface area contributed by atoms with Crippen molar-refractivity contribution in [3.63, 3.8) is 0 Å². The maximum Gasteiger partial charge on any atom is 0.275 e. The van der Waals surface area contributed by atoms with Crippen LogP contribution in [0.4, 0.5) is 5.13 Å². The molecule has 1 saturated heterocycles. The normalized spacial score (nSPS) is 16.6. The van der Waals surface area contributed by atoms with Crippen LogP contribution in [0.2, 0.25) is 0 Å². The molecule has 1 fully saturated rings. The Labute approximate surface area is 140 Å². The first-order chi connectivity index (χ1) is 11.3. The largest absolute Gasteiger partial charge is 0.359 e. The average Bonchev–Trinajstić information content (AvgIpc) is 2.76. The van der Waals surface area contributed by atoms with Crippen molar-refractivity contribution in [2.75, 3.05) is 31.5 Å². The van der Waals surface area contributed by atoms with Crippen molar-refractivity contribution < 1.29 is 0 Å². The molecule has 2 aromatic rings. The number of aryl methyl sites for hydroxylation is 1. The summed E-state index contributed by atoms with van der Waals surface area (Å²) in [5, 5.41) is 8.47. The molecule has 3 rings (SSSR count). The minimum atomic E-state index is -0.0877. The molecule has 0 atom stereocenters. The number of hydrogen-bond donors (Lipinski definition) is 1. The third-order valence-electron chi connectivity index (χ3n) is 4.21. The molecule has 7 heteroatoms. The van der Waals surface area contributed by atoms with E-state index in [1.807, 2.05) is 0 Å². The van der Waals surface area contributed by atoms with Gasteiger partial charge in [-0.3, -0.25) is 4.79 Å². The standard InChI is InChI=1S/C16H25N5OS/c1-2-7-13-12-14(22)21-16(18-13)23-15(19-21)17-8-11-20-9-5-3-4-6-10-20/h12H,2-11H2,1H3,(H,17,19). The van der Waals surface area contributed by atoms with E-state index in [0.29, 0.717) is 4.96 Å². The van der Waals surface area contributed by atoms with Crippen LogP contribution in [0.25, 0.3) is 4.96 Å². The fraction of sp³-hybridized carbons (Fsp3) is 0.688. The van der Waals surface area contributed by atoms with E-state index < -0.39 is 0 Å². The van der Waals surface area contributed by atoms with Gasteiger partial charge < -0.3 is 10.2 Å². The van der Waals surface area contributed by atoms with Crippen molar-refractivity contribution in [2.24, 2.45) is 0 Å². The van der Waals surface area contributed by atoms with Crippen LogP contribution in [-0.4, -0.2) is 45.7 Å². The van der Waals surface area contributed by atoms with E-state index in [1.165, 1.54) is 54.6 Å². The molecule has 1 aliphatic heterocycles. The molecule has 1 N–H and O–H groups in total. The summed E-state index contributed by atoms with van der Waals surface area (Å²) in [7, 11) is 0.